The normalized spacial score (nSPS) is 10.8. The summed E-state index contributed by atoms with van der Waals surface area (Å²) in [7, 11) is 0. The highest BCUT2D eigenvalue weighted by Gasteiger charge is 2.08. The molecule has 2 aromatic heterocycles. The lowest BCUT2D eigenvalue weighted by Gasteiger charge is -2.02. The van der Waals surface area contributed by atoms with Crippen molar-refractivity contribution in [2.45, 2.75) is 13.8 Å². The molecule has 3 rings (SSSR count). The zero-order valence-corrected chi connectivity index (χ0v) is 11.1. The van der Waals surface area contributed by atoms with Gasteiger partial charge in [-0.3, -0.25) is 5.10 Å². The fourth-order valence-electron chi connectivity index (χ4n) is 2.04. The Morgan fingerprint density at radius 3 is 2.61 bits per heavy atom. The number of nitrogens with zero attached hydrogens (tertiary/aromatic N) is 2. The van der Waals surface area contributed by atoms with Gasteiger partial charge in [-0.25, -0.2) is 4.98 Å². The lowest BCUT2D eigenvalue weighted by atomic mass is 10.1. The van der Waals surface area contributed by atoms with E-state index < -0.39 is 0 Å². The van der Waals surface area contributed by atoms with Crippen LogP contribution in [0.5, 0.6) is 0 Å². The molecule has 0 amide bonds. The molecule has 0 fully saturated rings. The van der Waals surface area contributed by atoms with Gasteiger partial charge in [-0.15, -0.1) is 11.3 Å². The van der Waals surface area contributed by atoms with Crippen LogP contribution in [0.2, 0.25) is 0 Å². The van der Waals surface area contributed by atoms with E-state index in [0.29, 0.717) is 0 Å². The quantitative estimate of drug-likeness (QED) is 0.756. The van der Waals surface area contributed by atoms with Crippen LogP contribution in [-0.2, 0) is 0 Å². The Morgan fingerprint density at radius 1 is 1.11 bits per heavy atom. The van der Waals surface area contributed by atoms with Crippen molar-refractivity contribution in [2.24, 2.45) is 0 Å². The first kappa shape index (κ1) is 11.2. The zero-order valence-electron chi connectivity index (χ0n) is 10.3. The van der Waals surface area contributed by atoms with Crippen molar-refractivity contribution in [1.82, 2.24) is 15.2 Å². The Balaban J connectivity index is 2.09. The molecule has 90 valence electrons. The molecule has 0 aliphatic rings. The van der Waals surface area contributed by atoms with Crippen LogP contribution in [0.4, 0.5) is 0 Å². The second-order valence-electron chi connectivity index (χ2n) is 4.20. The SMILES string of the molecule is Cc1nc(C)c(-c2cccc(-c3ccn[nH]3)c2)s1. The maximum Gasteiger partial charge on any atom is 0.0903 e. The van der Waals surface area contributed by atoms with Gasteiger partial charge in [0.05, 0.1) is 21.3 Å². The minimum Gasteiger partial charge on any atom is -0.278 e. The smallest absolute Gasteiger partial charge is 0.0903 e. The molecule has 0 aliphatic carbocycles. The lowest BCUT2D eigenvalue weighted by molar-refractivity contribution is 1.10. The summed E-state index contributed by atoms with van der Waals surface area (Å²) < 4.78 is 0. The molecule has 0 spiro atoms. The summed E-state index contributed by atoms with van der Waals surface area (Å²) in [5.41, 5.74) is 4.50. The van der Waals surface area contributed by atoms with E-state index >= 15 is 0 Å². The number of rotatable bonds is 2. The van der Waals surface area contributed by atoms with Crippen LogP contribution in [0, 0.1) is 13.8 Å². The van der Waals surface area contributed by atoms with Crippen LogP contribution < -0.4 is 0 Å². The van der Waals surface area contributed by atoms with Crippen molar-refractivity contribution >= 4 is 11.3 Å². The highest BCUT2D eigenvalue weighted by molar-refractivity contribution is 7.15. The van der Waals surface area contributed by atoms with Crippen LogP contribution >= 0.6 is 11.3 Å². The Labute approximate surface area is 110 Å². The number of nitrogens with one attached hydrogen (secondary N) is 1. The molecular formula is C14H13N3S. The molecule has 1 aromatic carbocycles. The van der Waals surface area contributed by atoms with Gasteiger partial charge in [-0.1, -0.05) is 18.2 Å². The second-order valence-corrected chi connectivity index (χ2v) is 5.40. The van der Waals surface area contributed by atoms with E-state index in [4.69, 9.17) is 0 Å². The molecule has 0 bridgehead atoms. The summed E-state index contributed by atoms with van der Waals surface area (Å²) in [6.07, 6.45) is 1.77. The molecule has 0 radical (unpaired) electrons. The number of hydrogen-bond donors (Lipinski definition) is 1. The highest BCUT2D eigenvalue weighted by atomic mass is 32.1. The maximum absolute atomic E-state index is 4.48. The number of thiazole rings is 1. The molecule has 3 nitrogen and oxygen atoms in total. The molecule has 3 aromatic rings. The number of benzene rings is 1. The summed E-state index contributed by atoms with van der Waals surface area (Å²) in [6, 6.07) is 10.4. The van der Waals surface area contributed by atoms with Crippen molar-refractivity contribution in [3.63, 3.8) is 0 Å². The van der Waals surface area contributed by atoms with Gasteiger partial charge in [0.1, 0.15) is 0 Å². The summed E-state index contributed by atoms with van der Waals surface area (Å²) in [4.78, 5) is 5.72. The third kappa shape index (κ3) is 1.95. The summed E-state index contributed by atoms with van der Waals surface area (Å²) >= 11 is 1.74. The molecule has 1 N–H and O–H groups in total. The summed E-state index contributed by atoms with van der Waals surface area (Å²) in [6.45, 7) is 4.10. The Kier molecular flexibility index (Phi) is 2.72. The maximum atomic E-state index is 4.48. The van der Waals surface area contributed by atoms with E-state index in [1.165, 1.54) is 10.4 Å². The van der Waals surface area contributed by atoms with Gasteiger partial charge in [-0.2, -0.15) is 5.10 Å². The molecule has 0 unspecified atom stereocenters. The summed E-state index contributed by atoms with van der Waals surface area (Å²) in [5, 5.41) is 8.08. The van der Waals surface area contributed by atoms with Gasteiger partial charge in [0.2, 0.25) is 0 Å². The number of aryl methyl sites for hydroxylation is 2. The number of H-pyrrole nitrogens is 1. The number of aromatic nitrogens is 3. The Bertz CT molecular complexity index is 668. The van der Waals surface area contributed by atoms with Gasteiger partial charge in [-0.05, 0) is 31.5 Å². The van der Waals surface area contributed by atoms with Crippen molar-refractivity contribution < 1.29 is 0 Å². The fourth-order valence-corrected chi connectivity index (χ4v) is 2.96. The van der Waals surface area contributed by atoms with E-state index in [1.807, 2.05) is 13.0 Å². The lowest BCUT2D eigenvalue weighted by Crippen LogP contribution is -1.81. The van der Waals surface area contributed by atoms with E-state index in [1.54, 1.807) is 17.5 Å². The van der Waals surface area contributed by atoms with Gasteiger partial charge < -0.3 is 0 Å². The highest BCUT2D eigenvalue weighted by Crippen LogP contribution is 2.31. The van der Waals surface area contributed by atoms with Gasteiger partial charge in [0.25, 0.3) is 0 Å². The molecule has 0 aliphatic heterocycles. The van der Waals surface area contributed by atoms with E-state index in [0.717, 1.165) is 22.0 Å². The number of aromatic amines is 1. The first-order valence-electron chi connectivity index (χ1n) is 5.78. The van der Waals surface area contributed by atoms with Gasteiger partial charge in [0.15, 0.2) is 0 Å². The molecular weight excluding hydrogens is 242 g/mol. The molecule has 0 saturated heterocycles. The number of hydrogen-bond acceptors (Lipinski definition) is 3. The average molecular weight is 255 g/mol. The molecule has 0 saturated carbocycles. The monoisotopic (exact) mass is 255 g/mol. The van der Waals surface area contributed by atoms with E-state index in [-0.39, 0.29) is 0 Å². The molecule has 0 atom stereocenters. The van der Waals surface area contributed by atoms with Crippen LogP contribution in [-0.4, -0.2) is 15.2 Å². The van der Waals surface area contributed by atoms with Crippen molar-refractivity contribution in [1.29, 1.82) is 0 Å². The van der Waals surface area contributed by atoms with Gasteiger partial charge >= 0.3 is 0 Å². The summed E-state index contributed by atoms with van der Waals surface area (Å²) in [5.74, 6) is 0. The fraction of sp³-hybridized carbons (Fsp3) is 0.143. The molecule has 2 heterocycles. The molecule has 4 heteroatoms. The third-order valence-electron chi connectivity index (χ3n) is 2.84. The minimum absolute atomic E-state index is 1.04. The average Bonchev–Trinajstić information content (AvgIpc) is 2.99. The molecule has 18 heavy (non-hydrogen) atoms. The minimum atomic E-state index is 1.04. The predicted octanol–water partition coefficient (Wildman–Crippen LogP) is 3.82. The standard InChI is InChI=1S/C14H13N3S/c1-9-14(18-10(2)16-9)12-5-3-4-11(8-12)13-6-7-15-17-13/h3-8H,1-2H3,(H,15,17). The van der Waals surface area contributed by atoms with Crippen molar-refractivity contribution in [3.8, 4) is 21.7 Å². The van der Waals surface area contributed by atoms with Crippen molar-refractivity contribution in [2.75, 3.05) is 0 Å². The van der Waals surface area contributed by atoms with E-state index in [2.05, 4.69) is 46.4 Å². The Hall–Kier alpha value is -1.94. The van der Waals surface area contributed by atoms with Crippen LogP contribution in [0.3, 0.4) is 0 Å². The Morgan fingerprint density at radius 2 is 1.94 bits per heavy atom. The zero-order chi connectivity index (χ0) is 12.5. The van der Waals surface area contributed by atoms with Crippen LogP contribution in [0.25, 0.3) is 21.7 Å². The third-order valence-corrected chi connectivity index (χ3v) is 3.96. The van der Waals surface area contributed by atoms with Crippen molar-refractivity contribution in [3.05, 3.63) is 47.2 Å². The van der Waals surface area contributed by atoms with Crippen LogP contribution in [0.1, 0.15) is 10.7 Å². The topological polar surface area (TPSA) is 41.6 Å². The van der Waals surface area contributed by atoms with E-state index in [9.17, 15) is 0 Å². The largest absolute Gasteiger partial charge is 0.278 e. The first-order valence-corrected chi connectivity index (χ1v) is 6.60. The second kappa shape index (κ2) is 4.38. The van der Waals surface area contributed by atoms with Crippen LogP contribution in [0.15, 0.2) is 36.5 Å². The van der Waals surface area contributed by atoms with Gasteiger partial charge in [0, 0.05) is 11.8 Å². The predicted molar refractivity (Wildman–Crippen MR) is 74.6 cm³/mol. The first-order chi connectivity index (χ1) is 8.74.